The van der Waals surface area contributed by atoms with Crippen molar-refractivity contribution in [3.8, 4) is 0 Å². The molecular formula is C37H45N3O6. The highest BCUT2D eigenvalue weighted by atomic mass is 16.7. The number of anilines is 1. The zero-order valence-corrected chi connectivity index (χ0v) is 26.5. The van der Waals surface area contributed by atoms with Gasteiger partial charge in [-0.25, -0.2) is 9.59 Å². The van der Waals surface area contributed by atoms with E-state index in [0.717, 1.165) is 35.3 Å². The molecule has 0 bridgehead atoms. The molecule has 9 nitrogen and oxygen atoms in total. The van der Waals surface area contributed by atoms with Crippen LogP contribution in [0.25, 0.3) is 0 Å². The van der Waals surface area contributed by atoms with Crippen molar-refractivity contribution < 1.29 is 28.9 Å². The van der Waals surface area contributed by atoms with Gasteiger partial charge in [-0.1, -0.05) is 85.6 Å². The van der Waals surface area contributed by atoms with Gasteiger partial charge in [-0.15, -0.1) is 6.58 Å². The molecule has 2 fully saturated rings. The van der Waals surface area contributed by atoms with Crippen LogP contribution in [0.3, 0.4) is 0 Å². The summed E-state index contributed by atoms with van der Waals surface area (Å²) in [5.41, 5.74) is 4.20. The third-order valence-corrected chi connectivity index (χ3v) is 8.77. The zero-order chi connectivity index (χ0) is 32.3. The molecule has 3 N–H and O–H groups in total. The molecule has 9 heteroatoms. The Morgan fingerprint density at radius 3 is 2.33 bits per heavy atom. The third kappa shape index (κ3) is 9.04. The summed E-state index contributed by atoms with van der Waals surface area (Å²) < 4.78 is 18.0. The van der Waals surface area contributed by atoms with Gasteiger partial charge in [0.05, 0.1) is 25.9 Å². The summed E-state index contributed by atoms with van der Waals surface area (Å²) in [5.74, 6) is -0.518. The number of amides is 2. The molecule has 3 aromatic carbocycles. The van der Waals surface area contributed by atoms with Gasteiger partial charge >= 0.3 is 12.0 Å². The molecule has 1 aliphatic carbocycles. The maximum atomic E-state index is 12.9. The number of esters is 1. The van der Waals surface area contributed by atoms with Crippen LogP contribution in [0.4, 0.5) is 10.5 Å². The van der Waals surface area contributed by atoms with Crippen molar-refractivity contribution in [3.05, 3.63) is 114 Å². The number of aliphatic hydroxyl groups is 1. The first-order valence-electron chi connectivity index (χ1n) is 16.1. The fraction of sp³-hybridized carbons (Fsp3) is 0.405. The van der Waals surface area contributed by atoms with Crippen molar-refractivity contribution in [1.82, 2.24) is 10.2 Å². The van der Waals surface area contributed by atoms with E-state index in [2.05, 4.69) is 22.1 Å². The van der Waals surface area contributed by atoms with Gasteiger partial charge in [0, 0.05) is 43.2 Å². The van der Waals surface area contributed by atoms with Crippen LogP contribution >= 0.6 is 0 Å². The number of nitrogens with zero attached hydrogens (tertiary/aromatic N) is 1. The number of methoxy groups -OCH3 is 1. The summed E-state index contributed by atoms with van der Waals surface area (Å²) >= 11 is 0. The van der Waals surface area contributed by atoms with Gasteiger partial charge in [0.25, 0.3) is 0 Å². The minimum absolute atomic E-state index is 0.00710. The number of benzene rings is 3. The highest BCUT2D eigenvalue weighted by Crippen LogP contribution is 2.39. The Morgan fingerprint density at radius 1 is 0.978 bits per heavy atom. The second kappa shape index (κ2) is 16.5. The summed E-state index contributed by atoms with van der Waals surface area (Å²) in [6, 6.07) is 23.9. The topological polar surface area (TPSA) is 109 Å². The first-order chi connectivity index (χ1) is 22.4. The van der Waals surface area contributed by atoms with Gasteiger partial charge in [0.2, 0.25) is 0 Å². The smallest absolute Gasteiger partial charge is 0.328 e. The molecule has 0 spiro atoms. The second-order valence-electron chi connectivity index (χ2n) is 12.0. The van der Waals surface area contributed by atoms with Crippen LogP contribution in [0.5, 0.6) is 0 Å². The average molecular weight is 628 g/mol. The molecule has 3 aromatic rings. The molecular weight excluding hydrogens is 582 g/mol. The minimum atomic E-state index is -0.832. The molecule has 2 aliphatic rings. The lowest BCUT2D eigenvalue weighted by Crippen LogP contribution is -2.45. The van der Waals surface area contributed by atoms with Crippen molar-refractivity contribution in [1.29, 1.82) is 0 Å². The Kier molecular flexibility index (Phi) is 12.0. The van der Waals surface area contributed by atoms with Gasteiger partial charge < -0.3 is 30.0 Å². The van der Waals surface area contributed by atoms with E-state index in [1.807, 2.05) is 72.8 Å². The Hall–Kier alpha value is -4.02. The Labute approximate surface area is 271 Å². The minimum Gasteiger partial charge on any atom is -0.467 e. The highest BCUT2D eigenvalue weighted by molar-refractivity contribution is 5.92. The number of carbonyl (C=O) groups excluding carboxylic acids is 2. The third-order valence-electron chi connectivity index (χ3n) is 8.77. The van der Waals surface area contributed by atoms with E-state index < -0.39 is 24.3 Å². The van der Waals surface area contributed by atoms with Gasteiger partial charge in [-0.05, 0) is 41.7 Å². The fourth-order valence-electron chi connectivity index (χ4n) is 6.34. The first-order valence-corrected chi connectivity index (χ1v) is 16.1. The summed E-state index contributed by atoms with van der Waals surface area (Å²) in [7, 11) is 1.30. The number of rotatable bonds is 13. The number of urea groups is 1. The first kappa shape index (κ1) is 33.3. The molecule has 1 saturated carbocycles. The zero-order valence-electron chi connectivity index (χ0n) is 26.5. The number of nitrogens with one attached hydrogen (secondary N) is 2. The van der Waals surface area contributed by atoms with Crippen molar-refractivity contribution in [3.63, 3.8) is 0 Å². The summed E-state index contributed by atoms with van der Waals surface area (Å²) in [6.07, 6.45) is 7.03. The summed E-state index contributed by atoms with van der Waals surface area (Å²) in [5, 5.41) is 15.1. The number of ether oxygens (including phenoxy) is 3. The average Bonchev–Trinajstić information content (AvgIpc) is 3.63. The van der Waals surface area contributed by atoms with E-state index >= 15 is 0 Å². The van der Waals surface area contributed by atoms with E-state index in [-0.39, 0.29) is 18.8 Å². The molecule has 2 amide bonds. The van der Waals surface area contributed by atoms with Crippen molar-refractivity contribution >= 4 is 17.7 Å². The van der Waals surface area contributed by atoms with Crippen LogP contribution in [0.2, 0.25) is 0 Å². The van der Waals surface area contributed by atoms with Gasteiger partial charge in [-0.3, -0.25) is 4.90 Å². The second-order valence-corrected chi connectivity index (χ2v) is 12.0. The molecule has 0 radical (unpaired) electrons. The van der Waals surface area contributed by atoms with Crippen molar-refractivity contribution in [2.75, 3.05) is 25.5 Å². The van der Waals surface area contributed by atoms with E-state index in [9.17, 15) is 14.7 Å². The van der Waals surface area contributed by atoms with E-state index in [1.165, 1.54) is 32.8 Å². The van der Waals surface area contributed by atoms with Crippen LogP contribution in [0.15, 0.2) is 91.5 Å². The molecule has 5 rings (SSSR count). The molecule has 0 unspecified atom stereocenters. The lowest BCUT2D eigenvalue weighted by Gasteiger charge is -2.39. The molecule has 4 atom stereocenters. The van der Waals surface area contributed by atoms with E-state index in [1.54, 1.807) is 12.1 Å². The Morgan fingerprint density at radius 2 is 1.67 bits per heavy atom. The highest BCUT2D eigenvalue weighted by Gasteiger charge is 2.34. The molecule has 46 heavy (non-hydrogen) atoms. The predicted octanol–water partition coefficient (Wildman–Crippen LogP) is 6.06. The summed E-state index contributed by atoms with van der Waals surface area (Å²) in [6.45, 7) is 5.59. The van der Waals surface area contributed by atoms with Gasteiger partial charge in [0.1, 0.15) is 6.04 Å². The van der Waals surface area contributed by atoms with Crippen LogP contribution in [0.1, 0.15) is 66.8 Å². The molecule has 244 valence electrons. The number of aliphatic hydroxyl groups excluding tert-OH is 1. The molecule has 1 heterocycles. The number of hydrogen-bond donors (Lipinski definition) is 3. The normalized spacial score (nSPS) is 20.6. The van der Waals surface area contributed by atoms with Crippen molar-refractivity contribution in [2.24, 2.45) is 0 Å². The summed E-state index contributed by atoms with van der Waals surface area (Å²) in [4.78, 5) is 27.7. The Balaban J connectivity index is 1.27. The predicted molar refractivity (Wildman–Crippen MR) is 177 cm³/mol. The maximum absolute atomic E-state index is 12.9. The van der Waals surface area contributed by atoms with E-state index in [4.69, 9.17) is 14.2 Å². The molecule has 0 aromatic heterocycles. The lowest BCUT2D eigenvalue weighted by molar-refractivity contribution is -0.253. The standard InChI is InChI=1S/C37H45N3O6/c1-3-21-40(31-11-7-8-12-31)24-32-23-34(28-15-13-27(25-41)14-16-28)46-36(45-32)29-17-19-30(20-18-29)38-37(43)39-33(35(42)44-2)22-26-9-5-4-6-10-26/h3-6,9-10,13-20,31-34,36,41H,1,7-8,11-12,21-25H2,2H3,(H2,38,39,43)/t32-,33-,34+,36+/m0/s1. The Bertz CT molecular complexity index is 1410. The van der Waals surface area contributed by atoms with Crippen molar-refractivity contribution in [2.45, 2.75) is 75.7 Å². The number of carbonyl (C=O) groups is 2. The van der Waals surface area contributed by atoms with Gasteiger partial charge in [-0.2, -0.15) is 0 Å². The number of hydrogen-bond acceptors (Lipinski definition) is 7. The van der Waals surface area contributed by atoms with Crippen LogP contribution < -0.4 is 10.6 Å². The van der Waals surface area contributed by atoms with Crippen LogP contribution in [-0.4, -0.2) is 60.4 Å². The van der Waals surface area contributed by atoms with Gasteiger partial charge in [0.15, 0.2) is 6.29 Å². The SMILES string of the molecule is C=CCN(C[C@@H]1C[C@H](c2ccc(CO)cc2)O[C@H](c2ccc(NC(=O)N[C@@H](Cc3ccccc3)C(=O)OC)cc2)O1)C1CCCC1. The maximum Gasteiger partial charge on any atom is 0.328 e. The van der Waals surface area contributed by atoms with E-state index in [0.29, 0.717) is 24.6 Å². The lowest BCUT2D eigenvalue weighted by atomic mass is 9.99. The largest absolute Gasteiger partial charge is 0.467 e. The fourth-order valence-corrected chi connectivity index (χ4v) is 6.34. The van der Waals surface area contributed by atoms with Crippen LogP contribution in [0, 0.1) is 0 Å². The molecule has 1 aliphatic heterocycles. The van der Waals surface area contributed by atoms with Crippen LogP contribution in [-0.2, 0) is 32.0 Å². The quantitative estimate of drug-likeness (QED) is 0.156. The monoisotopic (exact) mass is 627 g/mol. The molecule has 1 saturated heterocycles.